The number of carbonyl (C=O) groups is 2. The van der Waals surface area contributed by atoms with Gasteiger partial charge in [0.25, 0.3) is 0 Å². The van der Waals surface area contributed by atoms with Gasteiger partial charge in [0, 0.05) is 18.8 Å². The molecule has 0 saturated carbocycles. The summed E-state index contributed by atoms with van der Waals surface area (Å²) in [5.41, 5.74) is 0.638. The van der Waals surface area contributed by atoms with Gasteiger partial charge in [-0.3, -0.25) is 9.59 Å². The second-order valence-corrected chi connectivity index (χ2v) is 10.3. The van der Waals surface area contributed by atoms with Gasteiger partial charge in [-0.2, -0.15) is 4.31 Å². The summed E-state index contributed by atoms with van der Waals surface area (Å²) in [5, 5.41) is 5.69. The standard InChI is InChI=1S/C24H30FN3O4S/c1-3-17(2)22(24(30)26-20-9-5-4-6-10-20)27-23(29)18-8-7-15-28(16-18)33(31,32)21-13-11-19(25)12-14-21/h4-6,9-14,17-18,22H,3,7-8,15-16H2,1-2H3,(H,26,30)(H,27,29)/t17-,18+,22+/m1/s1. The maximum atomic E-state index is 13.2. The molecular weight excluding hydrogens is 445 g/mol. The van der Waals surface area contributed by atoms with E-state index in [-0.39, 0.29) is 35.7 Å². The third kappa shape index (κ3) is 6.17. The van der Waals surface area contributed by atoms with Crippen LogP contribution >= 0.6 is 0 Å². The minimum absolute atomic E-state index is 0.00956. The number of para-hydroxylation sites is 1. The van der Waals surface area contributed by atoms with Crippen molar-refractivity contribution in [2.75, 3.05) is 18.4 Å². The molecule has 1 aliphatic heterocycles. The highest BCUT2D eigenvalue weighted by Gasteiger charge is 2.35. The largest absolute Gasteiger partial charge is 0.344 e. The van der Waals surface area contributed by atoms with Gasteiger partial charge in [-0.15, -0.1) is 0 Å². The molecule has 2 aromatic rings. The van der Waals surface area contributed by atoms with Gasteiger partial charge in [-0.25, -0.2) is 12.8 Å². The summed E-state index contributed by atoms with van der Waals surface area (Å²) < 4.78 is 40.4. The second kappa shape index (κ2) is 10.9. The fourth-order valence-electron chi connectivity index (χ4n) is 3.84. The lowest BCUT2D eigenvalue weighted by atomic mass is 9.94. The fourth-order valence-corrected chi connectivity index (χ4v) is 5.37. The number of rotatable bonds is 8. The van der Waals surface area contributed by atoms with E-state index >= 15 is 0 Å². The van der Waals surface area contributed by atoms with E-state index in [2.05, 4.69) is 10.6 Å². The van der Waals surface area contributed by atoms with Crippen molar-refractivity contribution in [3.05, 3.63) is 60.4 Å². The Morgan fingerprint density at radius 2 is 1.79 bits per heavy atom. The number of hydrogen-bond acceptors (Lipinski definition) is 4. The minimum atomic E-state index is -3.84. The van der Waals surface area contributed by atoms with Crippen molar-refractivity contribution in [1.29, 1.82) is 0 Å². The van der Waals surface area contributed by atoms with Crippen LogP contribution in [0.5, 0.6) is 0 Å². The summed E-state index contributed by atoms with van der Waals surface area (Å²) >= 11 is 0. The number of hydrogen-bond donors (Lipinski definition) is 2. The zero-order valence-electron chi connectivity index (χ0n) is 18.8. The van der Waals surface area contributed by atoms with Crippen LogP contribution in [0.2, 0.25) is 0 Å². The van der Waals surface area contributed by atoms with Gasteiger partial charge in [0.2, 0.25) is 21.8 Å². The number of nitrogens with zero attached hydrogens (tertiary/aromatic N) is 1. The van der Waals surface area contributed by atoms with E-state index in [0.717, 1.165) is 12.1 Å². The maximum Gasteiger partial charge on any atom is 0.247 e. The van der Waals surface area contributed by atoms with Crippen molar-refractivity contribution in [3.8, 4) is 0 Å². The van der Waals surface area contributed by atoms with Crippen LogP contribution < -0.4 is 10.6 Å². The van der Waals surface area contributed by atoms with Gasteiger partial charge in [-0.05, 0) is 55.2 Å². The van der Waals surface area contributed by atoms with Gasteiger partial charge in [0.05, 0.1) is 10.8 Å². The Bertz CT molecular complexity index is 1060. The summed E-state index contributed by atoms with van der Waals surface area (Å²) in [6.45, 7) is 4.13. The summed E-state index contributed by atoms with van der Waals surface area (Å²) in [5.74, 6) is -1.86. The molecule has 0 spiro atoms. The Labute approximate surface area is 194 Å². The van der Waals surface area contributed by atoms with E-state index < -0.39 is 27.8 Å². The molecular formula is C24H30FN3O4S. The topological polar surface area (TPSA) is 95.6 Å². The molecule has 7 nitrogen and oxygen atoms in total. The fraction of sp³-hybridized carbons (Fsp3) is 0.417. The molecule has 9 heteroatoms. The van der Waals surface area contributed by atoms with Crippen molar-refractivity contribution >= 4 is 27.5 Å². The Balaban J connectivity index is 1.70. The zero-order chi connectivity index (χ0) is 24.0. The van der Waals surface area contributed by atoms with Crippen molar-refractivity contribution in [3.63, 3.8) is 0 Å². The SMILES string of the molecule is CC[C@@H](C)[C@H](NC(=O)[C@H]1CCCN(S(=O)(=O)c2ccc(F)cc2)C1)C(=O)Nc1ccccc1. The van der Waals surface area contributed by atoms with Crippen LogP contribution in [-0.2, 0) is 19.6 Å². The minimum Gasteiger partial charge on any atom is -0.344 e. The second-order valence-electron chi connectivity index (χ2n) is 8.38. The summed E-state index contributed by atoms with van der Waals surface area (Å²) in [6, 6.07) is 12.9. The van der Waals surface area contributed by atoms with Crippen molar-refractivity contribution in [2.24, 2.45) is 11.8 Å². The highest BCUT2D eigenvalue weighted by Crippen LogP contribution is 2.25. The number of carbonyl (C=O) groups excluding carboxylic acids is 2. The molecule has 2 aromatic carbocycles. The van der Waals surface area contributed by atoms with Crippen LogP contribution in [0, 0.1) is 17.7 Å². The first-order chi connectivity index (χ1) is 15.7. The molecule has 3 rings (SSSR count). The predicted octanol–water partition coefficient (Wildman–Crippen LogP) is 3.40. The average molecular weight is 476 g/mol. The summed E-state index contributed by atoms with van der Waals surface area (Å²) in [6.07, 6.45) is 1.72. The van der Waals surface area contributed by atoms with Crippen molar-refractivity contribution in [1.82, 2.24) is 9.62 Å². The predicted molar refractivity (Wildman–Crippen MR) is 124 cm³/mol. The normalized spacial score (nSPS) is 18.8. The van der Waals surface area contributed by atoms with E-state index in [1.54, 1.807) is 12.1 Å². The van der Waals surface area contributed by atoms with Crippen LogP contribution in [0.25, 0.3) is 0 Å². The lowest BCUT2D eigenvalue weighted by Gasteiger charge is -2.32. The first-order valence-corrected chi connectivity index (χ1v) is 12.6. The van der Waals surface area contributed by atoms with E-state index in [1.807, 2.05) is 32.0 Å². The molecule has 3 atom stereocenters. The molecule has 0 unspecified atom stereocenters. The molecule has 1 aliphatic rings. The van der Waals surface area contributed by atoms with Gasteiger partial charge in [0.1, 0.15) is 11.9 Å². The molecule has 1 saturated heterocycles. The first kappa shape index (κ1) is 24.9. The molecule has 0 bridgehead atoms. The molecule has 2 N–H and O–H groups in total. The number of anilines is 1. The zero-order valence-corrected chi connectivity index (χ0v) is 19.6. The Morgan fingerprint density at radius 1 is 1.12 bits per heavy atom. The molecule has 178 valence electrons. The maximum absolute atomic E-state index is 13.2. The first-order valence-electron chi connectivity index (χ1n) is 11.1. The summed E-state index contributed by atoms with van der Waals surface area (Å²) in [7, 11) is -3.84. The summed E-state index contributed by atoms with van der Waals surface area (Å²) in [4.78, 5) is 26.0. The Hall–Kier alpha value is -2.78. The monoisotopic (exact) mass is 475 g/mol. The van der Waals surface area contributed by atoms with Crippen LogP contribution in [-0.4, -0.2) is 43.7 Å². The van der Waals surface area contributed by atoms with Crippen LogP contribution in [0.1, 0.15) is 33.1 Å². The van der Waals surface area contributed by atoms with Crippen LogP contribution in [0.15, 0.2) is 59.5 Å². The molecule has 0 aliphatic carbocycles. The van der Waals surface area contributed by atoms with Crippen molar-refractivity contribution < 1.29 is 22.4 Å². The van der Waals surface area contributed by atoms with Crippen LogP contribution in [0.3, 0.4) is 0 Å². The van der Waals surface area contributed by atoms with Crippen LogP contribution in [0.4, 0.5) is 10.1 Å². The van der Waals surface area contributed by atoms with E-state index in [9.17, 15) is 22.4 Å². The Morgan fingerprint density at radius 3 is 2.42 bits per heavy atom. The lowest BCUT2D eigenvalue weighted by Crippen LogP contribution is -2.52. The lowest BCUT2D eigenvalue weighted by molar-refractivity contribution is -0.131. The third-order valence-electron chi connectivity index (χ3n) is 6.04. The number of amides is 2. The number of sulfonamides is 1. The van der Waals surface area contributed by atoms with Gasteiger partial charge in [0.15, 0.2) is 0 Å². The highest BCUT2D eigenvalue weighted by atomic mass is 32.2. The molecule has 33 heavy (non-hydrogen) atoms. The number of nitrogens with one attached hydrogen (secondary N) is 2. The van der Waals surface area contributed by atoms with Gasteiger partial charge < -0.3 is 10.6 Å². The van der Waals surface area contributed by atoms with E-state index in [1.165, 1.54) is 16.4 Å². The number of piperidine rings is 1. The third-order valence-corrected chi connectivity index (χ3v) is 7.92. The number of halogens is 1. The smallest absolute Gasteiger partial charge is 0.247 e. The quantitative estimate of drug-likeness (QED) is 0.612. The highest BCUT2D eigenvalue weighted by molar-refractivity contribution is 7.89. The molecule has 1 heterocycles. The van der Waals surface area contributed by atoms with E-state index in [0.29, 0.717) is 24.9 Å². The average Bonchev–Trinajstić information content (AvgIpc) is 2.82. The molecule has 1 fully saturated rings. The molecule has 2 amide bonds. The Kier molecular flexibility index (Phi) is 8.20. The molecule has 0 radical (unpaired) electrons. The van der Waals surface area contributed by atoms with Crippen molar-refractivity contribution in [2.45, 2.75) is 44.0 Å². The molecule has 0 aromatic heterocycles. The van der Waals surface area contributed by atoms with Gasteiger partial charge >= 0.3 is 0 Å². The number of benzene rings is 2. The van der Waals surface area contributed by atoms with E-state index in [4.69, 9.17) is 0 Å². The van der Waals surface area contributed by atoms with Gasteiger partial charge in [-0.1, -0.05) is 38.5 Å².